The van der Waals surface area contributed by atoms with Gasteiger partial charge < -0.3 is 15.3 Å². The second-order valence-corrected chi connectivity index (χ2v) is 6.86. The van der Waals surface area contributed by atoms with Crippen LogP contribution in [0.5, 0.6) is 0 Å². The van der Waals surface area contributed by atoms with E-state index in [0.29, 0.717) is 16.8 Å². The average Bonchev–Trinajstić information content (AvgIpc) is 2.43. The largest absolute Gasteiger partial charge is 0.478 e. The van der Waals surface area contributed by atoms with Crippen LogP contribution < -0.4 is 5.32 Å². The molecule has 114 valence electrons. The first-order chi connectivity index (χ1) is 9.90. The van der Waals surface area contributed by atoms with E-state index in [1.807, 2.05) is 18.7 Å². The number of hydrogen-bond acceptors (Lipinski definition) is 3. The minimum Gasteiger partial charge on any atom is -0.478 e. The molecule has 5 nitrogen and oxygen atoms in total. The number of amides is 2. The fourth-order valence-electron chi connectivity index (χ4n) is 2.21. The molecule has 1 aromatic rings. The second-order valence-electron chi connectivity index (χ2n) is 4.94. The molecule has 1 heterocycles. The van der Waals surface area contributed by atoms with Crippen molar-refractivity contribution in [2.24, 2.45) is 0 Å². The van der Waals surface area contributed by atoms with Gasteiger partial charge in [0.15, 0.2) is 0 Å². The summed E-state index contributed by atoms with van der Waals surface area (Å²) in [6.45, 7) is 4.73. The van der Waals surface area contributed by atoms with Gasteiger partial charge in [0.1, 0.15) is 0 Å². The fraction of sp³-hybridized carbons (Fsp3) is 0.429. The molecule has 1 aliphatic heterocycles. The quantitative estimate of drug-likeness (QED) is 0.873. The van der Waals surface area contributed by atoms with Crippen LogP contribution in [0, 0.1) is 0 Å². The summed E-state index contributed by atoms with van der Waals surface area (Å²) < 4.78 is 0. The van der Waals surface area contributed by atoms with Gasteiger partial charge in [-0.25, -0.2) is 9.59 Å². The van der Waals surface area contributed by atoms with Gasteiger partial charge in [-0.15, -0.1) is 0 Å². The van der Waals surface area contributed by atoms with Crippen LogP contribution in [0.15, 0.2) is 18.2 Å². The lowest BCUT2D eigenvalue weighted by Crippen LogP contribution is -2.49. The predicted molar refractivity (Wildman–Crippen MR) is 85.5 cm³/mol. The summed E-state index contributed by atoms with van der Waals surface area (Å²) in [6, 6.07) is 4.22. The van der Waals surface area contributed by atoms with Gasteiger partial charge in [0.05, 0.1) is 11.3 Å². The van der Waals surface area contributed by atoms with Crippen LogP contribution in [0.2, 0.25) is 5.02 Å². The molecule has 2 atom stereocenters. The number of thioether (sulfide) groups is 1. The second kappa shape index (κ2) is 6.58. The zero-order chi connectivity index (χ0) is 15.6. The summed E-state index contributed by atoms with van der Waals surface area (Å²) in [5.41, 5.74) is 0.248. The first-order valence-corrected chi connectivity index (χ1v) is 8.05. The highest BCUT2D eigenvalue weighted by atomic mass is 35.5. The maximum absolute atomic E-state index is 12.4. The van der Waals surface area contributed by atoms with Crippen molar-refractivity contribution in [3.05, 3.63) is 28.8 Å². The van der Waals surface area contributed by atoms with Crippen LogP contribution >= 0.6 is 23.4 Å². The molecule has 0 aliphatic carbocycles. The summed E-state index contributed by atoms with van der Waals surface area (Å²) >= 11 is 7.63. The van der Waals surface area contributed by atoms with E-state index in [4.69, 9.17) is 11.6 Å². The van der Waals surface area contributed by atoms with Crippen molar-refractivity contribution in [1.29, 1.82) is 0 Å². The standard InChI is InChI=1S/C14H17ClN2O3S/c1-8-9(2)21-6-5-17(8)14(20)16-12-4-3-10(15)7-11(12)13(18)19/h3-4,7-9H,5-6H2,1-2H3,(H,16,20)(H,18,19). The third-order valence-electron chi connectivity index (χ3n) is 3.60. The van der Waals surface area contributed by atoms with Crippen LogP contribution in [0.3, 0.4) is 0 Å². The molecule has 1 saturated heterocycles. The zero-order valence-corrected chi connectivity index (χ0v) is 13.4. The SMILES string of the molecule is CC1SCCN(C(=O)Nc2ccc(Cl)cc2C(=O)O)C1C. The first-order valence-electron chi connectivity index (χ1n) is 6.62. The van der Waals surface area contributed by atoms with E-state index in [1.165, 1.54) is 12.1 Å². The summed E-state index contributed by atoms with van der Waals surface area (Å²) in [5, 5.41) is 12.5. The van der Waals surface area contributed by atoms with Crippen molar-refractivity contribution < 1.29 is 14.7 Å². The highest BCUT2D eigenvalue weighted by Gasteiger charge is 2.29. The van der Waals surface area contributed by atoms with Crippen LogP contribution in [0.1, 0.15) is 24.2 Å². The first kappa shape index (κ1) is 16.0. The van der Waals surface area contributed by atoms with Crippen LogP contribution in [-0.4, -0.2) is 45.6 Å². The number of aromatic carboxylic acids is 1. The monoisotopic (exact) mass is 328 g/mol. The third kappa shape index (κ3) is 3.63. The number of nitrogens with zero attached hydrogens (tertiary/aromatic N) is 1. The van der Waals surface area contributed by atoms with Crippen LogP contribution in [0.4, 0.5) is 10.5 Å². The molecule has 0 bridgehead atoms. The van der Waals surface area contributed by atoms with Crippen molar-refractivity contribution in [1.82, 2.24) is 4.90 Å². The number of urea groups is 1. The number of carboxylic acid groups (broad SMARTS) is 1. The molecule has 2 unspecified atom stereocenters. The number of carbonyl (C=O) groups is 2. The third-order valence-corrected chi connectivity index (χ3v) is 5.17. The Hall–Kier alpha value is -1.40. The van der Waals surface area contributed by atoms with Crippen molar-refractivity contribution in [3.8, 4) is 0 Å². The normalized spacial score (nSPS) is 22.0. The predicted octanol–water partition coefficient (Wildman–Crippen LogP) is 3.40. The molecule has 2 N–H and O–H groups in total. The molecule has 1 aliphatic rings. The summed E-state index contributed by atoms with van der Waals surface area (Å²) in [5.74, 6) is -0.242. The Morgan fingerprint density at radius 2 is 2.14 bits per heavy atom. The van der Waals surface area contributed by atoms with E-state index in [9.17, 15) is 14.7 Å². The summed E-state index contributed by atoms with van der Waals surface area (Å²) in [6.07, 6.45) is 0. The Morgan fingerprint density at radius 1 is 1.43 bits per heavy atom. The van der Waals surface area contributed by atoms with E-state index in [2.05, 4.69) is 12.2 Å². The molecule has 1 aromatic carbocycles. The minimum atomic E-state index is -1.12. The van der Waals surface area contributed by atoms with Gasteiger partial charge in [0.25, 0.3) is 0 Å². The number of carbonyl (C=O) groups excluding carboxylic acids is 1. The number of hydrogen-bond donors (Lipinski definition) is 2. The lowest BCUT2D eigenvalue weighted by Gasteiger charge is -2.37. The maximum Gasteiger partial charge on any atom is 0.337 e. The maximum atomic E-state index is 12.4. The van der Waals surface area contributed by atoms with Crippen molar-refractivity contribution >= 4 is 41.1 Å². The summed E-state index contributed by atoms with van der Waals surface area (Å²) in [4.78, 5) is 25.3. The van der Waals surface area contributed by atoms with Crippen LogP contribution in [0.25, 0.3) is 0 Å². The van der Waals surface area contributed by atoms with Crippen molar-refractivity contribution in [2.45, 2.75) is 25.1 Å². The van der Waals surface area contributed by atoms with Gasteiger partial charge in [-0.2, -0.15) is 11.8 Å². The molecule has 7 heteroatoms. The minimum absolute atomic E-state index is 0.0112. The number of benzene rings is 1. The Labute approximate surface area is 132 Å². The highest BCUT2D eigenvalue weighted by Crippen LogP contribution is 2.26. The van der Waals surface area contributed by atoms with Crippen LogP contribution in [-0.2, 0) is 0 Å². The highest BCUT2D eigenvalue weighted by molar-refractivity contribution is 8.00. The van der Waals surface area contributed by atoms with Gasteiger partial charge in [0.2, 0.25) is 0 Å². The molecular formula is C14H17ClN2O3S. The molecule has 0 saturated carbocycles. The Morgan fingerprint density at radius 3 is 2.81 bits per heavy atom. The Balaban J connectivity index is 2.18. The topological polar surface area (TPSA) is 69.6 Å². The summed E-state index contributed by atoms with van der Waals surface area (Å²) in [7, 11) is 0. The Bertz CT molecular complexity index is 567. The zero-order valence-electron chi connectivity index (χ0n) is 11.8. The smallest absolute Gasteiger partial charge is 0.337 e. The number of carboxylic acids is 1. The van der Waals surface area contributed by atoms with E-state index < -0.39 is 5.97 Å². The van der Waals surface area contributed by atoms with Gasteiger partial charge in [-0.05, 0) is 25.1 Å². The van der Waals surface area contributed by atoms with Crippen molar-refractivity contribution in [2.75, 3.05) is 17.6 Å². The van der Waals surface area contributed by atoms with E-state index >= 15 is 0 Å². The molecule has 0 spiro atoms. The molecule has 0 aromatic heterocycles. The van der Waals surface area contributed by atoms with Gasteiger partial charge >= 0.3 is 12.0 Å². The van der Waals surface area contributed by atoms with Crippen molar-refractivity contribution in [3.63, 3.8) is 0 Å². The number of anilines is 1. The van der Waals surface area contributed by atoms with Gasteiger partial charge in [-0.3, -0.25) is 0 Å². The van der Waals surface area contributed by atoms with E-state index in [0.717, 1.165) is 5.75 Å². The molecule has 0 radical (unpaired) electrons. The number of halogens is 1. The average molecular weight is 329 g/mol. The fourth-order valence-corrected chi connectivity index (χ4v) is 3.48. The molecule has 2 amide bonds. The van der Waals surface area contributed by atoms with Gasteiger partial charge in [-0.1, -0.05) is 18.5 Å². The van der Waals surface area contributed by atoms with Gasteiger partial charge in [0, 0.05) is 28.6 Å². The molecule has 2 rings (SSSR count). The molecule has 21 heavy (non-hydrogen) atoms. The molecule has 1 fully saturated rings. The lowest BCUT2D eigenvalue weighted by atomic mass is 10.1. The van der Waals surface area contributed by atoms with E-state index in [-0.39, 0.29) is 23.3 Å². The Kier molecular flexibility index (Phi) is 5.00. The van der Waals surface area contributed by atoms with E-state index in [1.54, 1.807) is 11.0 Å². The number of nitrogens with one attached hydrogen (secondary N) is 1. The number of rotatable bonds is 2. The molecular weight excluding hydrogens is 312 g/mol. The lowest BCUT2D eigenvalue weighted by molar-refractivity contribution is 0.0698.